The summed E-state index contributed by atoms with van der Waals surface area (Å²) in [5, 5.41) is 23.0. The molecule has 0 unspecified atom stereocenters. The van der Waals surface area contributed by atoms with E-state index >= 15 is 0 Å². The summed E-state index contributed by atoms with van der Waals surface area (Å²) in [6.07, 6.45) is -6.10. The predicted molar refractivity (Wildman–Crippen MR) is 187 cm³/mol. The molecule has 4 aromatic carbocycles. The van der Waals surface area contributed by atoms with Crippen LogP contribution in [0.15, 0.2) is 117 Å². The predicted octanol–water partition coefficient (Wildman–Crippen LogP) is 8.06. The highest BCUT2D eigenvalue weighted by Gasteiger charge is 2.36. The maximum Gasteiger partial charge on any atom is 0.418 e. The van der Waals surface area contributed by atoms with Crippen molar-refractivity contribution in [2.24, 2.45) is 9.98 Å². The van der Waals surface area contributed by atoms with Crippen molar-refractivity contribution >= 4 is 34.0 Å². The van der Waals surface area contributed by atoms with Gasteiger partial charge in [-0.1, -0.05) is 60.7 Å². The molecule has 14 heteroatoms. The fraction of sp³-hybridized carbons (Fsp3) is 0.158. The number of benzene rings is 4. The van der Waals surface area contributed by atoms with Gasteiger partial charge in [-0.15, -0.1) is 0 Å². The van der Waals surface area contributed by atoms with Gasteiger partial charge >= 0.3 is 12.4 Å². The number of hydrogen-bond acceptors (Lipinski definition) is 6. The molecule has 2 N–H and O–H groups in total. The van der Waals surface area contributed by atoms with E-state index in [0.717, 1.165) is 24.3 Å². The summed E-state index contributed by atoms with van der Waals surface area (Å²) < 4.78 is 84.2. The van der Waals surface area contributed by atoms with Gasteiger partial charge in [0.15, 0.2) is 0 Å². The first-order valence-electron chi connectivity index (χ1n) is 15.9. The number of fused-ring (bicyclic) bond motifs is 2. The van der Waals surface area contributed by atoms with Crippen molar-refractivity contribution in [3.05, 3.63) is 140 Å². The Morgan fingerprint density at radius 1 is 0.519 bits per heavy atom. The molecule has 0 atom stereocenters. The summed E-state index contributed by atoms with van der Waals surface area (Å²) in [5.74, 6) is -1.42. The second-order valence-corrected chi connectivity index (χ2v) is 11.7. The van der Waals surface area contributed by atoms with Gasteiger partial charge in [-0.25, -0.2) is 9.13 Å². The number of nitrogens with zero attached hydrogens (tertiary/aromatic N) is 4. The Morgan fingerprint density at radius 2 is 0.846 bits per heavy atom. The third-order valence-electron chi connectivity index (χ3n) is 8.37. The van der Waals surface area contributed by atoms with Crippen LogP contribution in [0.3, 0.4) is 0 Å². The summed E-state index contributed by atoms with van der Waals surface area (Å²) in [7, 11) is 0. The first kappa shape index (κ1) is 35.6. The van der Waals surface area contributed by atoms with Crippen molar-refractivity contribution in [1.29, 1.82) is 0 Å². The van der Waals surface area contributed by atoms with Crippen molar-refractivity contribution in [3.8, 4) is 23.1 Å². The van der Waals surface area contributed by atoms with E-state index in [1.54, 1.807) is 36.4 Å². The number of aromatic hydroxyl groups is 2. The van der Waals surface area contributed by atoms with Gasteiger partial charge in [0, 0.05) is 47.1 Å². The molecule has 0 aliphatic rings. The molecule has 2 heterocycles. The van der Waals surface area contributed by atoms with Gasteiger partial charge in [0.05, 0.1) is 33.6 Å². The number of halogens is 6. The van der Waals surface area contributed by atoms with E-state index in [1.165, 1.54) is 48.8 Å². The number of aliphatic imine (C=N–C) groups is 2. The van der Waals surface area contributed by atoms with E-state index in [2.05, 4.69) is 9.98 Å². The molecule has 52 heavy (non-hydrogen) atoms. The number of rotatable bonds is 9. The molecular formula is C38H28F6N4O4. The zero-order valence-corrected chi connectivity index (χ0v) is 27.0. The summed E-state index contributed by atoms with van der Waals surface area (Å²) >= 11 is 0. The molecule has 0 aliphatic heterocycles. The second-order valence-electron chi connectivity index (χ2n) is 11.7. The average molecular weight is 719 g/mol. The lowest BCUT2D eigenvalue weighted by molar-refractivity contribution is -0.138. The molecule has 0 radical (unpaired) electrons. The molecule has 0 amide bonds. The van der Waals surface area contributed by atoms with E-state index in [4.69, 9.17) is 0 Å². The van der Waals surface area contributed by atoms with E-state index in [0.29, 0.717) is 32.7 Å². The van der Waals surface area contributed by atoms with Crippen LogP contribution in [0.4, 0.5) is 26.3 Å². The molecule has 0 aliphatic carbocycles. The Labute approximate surface area is 290 Å². The number of pyridine rings is 2. The monoisotopic (exact) mass is 718 g/mol. The molecule has 0 spiro atoms. The number of alkyl halides is 6. The second kappa shape index (κ2) is 14.2. The fourth-order valence-electron chi connectivity index (χ4n) is 5.96. The summed E-state index contributed by atoms with van der Waals surface area (Å²) in [6, 6.07) is 21.2. The van der Waals surface area contributed by atoms with Crippen molar-refractivity contribution in [3.63, 3.8) is 0 Å². The highest BCUT2D eigenvalue weighted by molar-refractivity contribution is 6.02. The minimum atomic E-state index is -4.80. The van der Waals surface area contributed by atoms with Gasteiger partial charge in [0.25, 0.3) is 11.1 Å². The number of aromatic nitrogens is 2. The lowest BCUT2D eigenvalue weighted by Gasteiger charge is -2.18. The lowest BCUT2D eigenvalue weighted by Crippen LogP contribution is -2.23. The fourth-order valence-corrected chi connectivity index (χ4v) is 5.96. The Balaban J connectivity index is 1.23. The molecule has 6 rings (SSSR count). The first-order valence-corrected chi connectivity index (χ1v) is 15.9. The Hall–Kier alpha value is -6.18. The molecular weight excluding hydrogens is 690 g/mol. The van der Waals surface area contributed by atoms with Gasteiger partial charge in [0.2, 0.25) is 11.8 Å². The average Bonchev–Trinajstić information content (AvgIpc) is 3.11. The van der Waals surface area contributed by atoms with E-state index < -0.39 is 57.7 Å². The van der Waals surface area contributed by atoms with Crippen molar-refractivity contribution in [2.45, 2.75) is 25.2 Å². The summed E-state index contributed by atoms with van der Waals surface area (Å²) in [6.45, 7) is 0.406. The summed E-state index contributed by atoms with van der Waals surface area (Å²) in [4.78, 5) is 35.3. The zero-order chi connectivity index (χ0) is 37.2. The topological polar surface area (TPSA) is 109 Å². The van der Waals surface area contributed by atoms with E-state index in [9.17, 15) is 46.1 Å². The SMILES string of the molecule is O=c1c2ccccc2c(C=NCCCCN=Cc2c(O)n(-c3ccccc3C(F)(F)F)c(=O)c3ccccc23)c(O)n1-c1ccccc1C(F)(F)F. The molecule has 6 aromatic rings. The lowest BCUT2D eigenvalue weighted by atomic mass is 10.1. The third kappa shape index (κ3) is 6.78. The van der Waals surface area contributed by atoms with E-state index in [1.807, 2.05) is 0 Å². The minimum Gasteiger partial charge on any atom is -0.494 e. The number of para-hydroxylation sites is 2. The maximum atomic E-state index is 13.8. The largest absolute Gasteiger partial charge is 0.494 e. The number of hydrogen-bond donors (Lipinski definition) is 2. The van der Waals surface area contributed by atoms with Crippen LogP contribution in [-0.4, -0.2) is 44.9 Å². The molecule has 0 bridgehead atoms. The maximum absolute atomic E-state index is 13.8. The Morgan fingerprint density at radius 3 is 1.21 bits per heavy atom. The van der Waals surface area contributed by atoms with Crippen LogP contribution in [-0.2, 0) is 12.4 Å². The molecule has 8 nitrogen and oxygen atoms in total. The molecule has 2 aromatic heterocycles. The Bertz CT molecular complexity index is 2310. The highest BCUT2D eigenvalue weighted by Crippen LogP contribution is 2.37. The zero-order valence-electron chi connectivity index (χ0n) is 27.0. The highest BCUT2D eigenvalue weighted by atomic mass is 19.4. The third-order valence-corrected chi connectivity index (χ3v) is 8.37. The van der Waals surface area contributed by atoms with Crippen molar-refractivity contribution < 1.29 is 36.6 Å². The van der Waals surface area contributed by atoms with Crippen molar-refractivity contribution in [2.75, 3.05) is 13.1 Å². The van der Waals surface area contributed by atoms with Crippen LogP contribution < -0.4 is 11.1 Å². The molecule has 0 saturated carbocycles. The van der Waals surface area contributed by atoms with Crippen molar-refractivity contribution in [1.82, 2.24) is 9.13 Å². The van der Waals surface area contributed by atoms with Gasteiger partial charge in [-0.2, -0.15) is 26.3 Å². The van der Waals surface area contributed by atoms with E-state index in [-0.39, 0.29) is 35.0 Å². The van der Waals surface area contributed by atoms with Gasteiger partial charge < -0.3 is 10.2 Å². The smallest absolute Gasteiger partial charge is 0.418 e. The normalized spacial score (nSPS) is 12.5. The first-order chi connectivity index (χ1) is 24.8. The quantitative estimate of drug-likeness (QED) is 0.0896. The standard InChI is InChI=1S/C38H28F6N4O4/c39-37(40,41)29-15-5-7-17-31(29)47-33(49)25-13-3-1-11-23(25)27(35(47)51)21-45-19-9-10-20-46-22-28-24-12-2-4-14-26(24)34(50)48(36(28)52)32-18-8-6-16-30(32)38(42,43)44/h1-8,11-18,21-22,51-52H,9-10,19-20H2. The van der Waals surface area contributed by atoms with Crippen LogP contribution in [0.2, 0.25) is 0 Å². The molecule has 266 valence electrons. The Kier molecular flexibility index (Phi) is 9.74. The van der Waals surface area contributed by atoms with Crippen LogP contribution in [0, 0.1) is 0 Å². The van der Waals surface area contributed by atoms with Crippen LogP contribution in [0.25, 0.3) is 32.9 Å². The van der Waals surface area contributed by atoms with Crippen LogP contribution in [0.5, 0.6) is 11.8 Å². The minimum absolute atomic E-state index is 0.0507. The summed E-state index contributed by atoms with van der Waals surface area (Å²) in [5.41, 5.74) is -4.83. The van der Waals surface area contributed by atoms with Gasteiger partial charge in [-0.3, -0.25) is 19.6 Å². The molecule has 0 fully saturated rings. The van der Waals surface area contributed by atoms with Gasteiger partial charge in [0.1, 0.15) is 0 Å². The van der Waals surface area contributed by atoms with Gasteiger partial charge in [-0.05, 0) is 49.2 Å². The number of unbranched alkanes of at least 4 members (excludes halogenated alkanes) is 1. The van der Waals surface area contributed by atoms with Crippen LogP contribution >= 0.6 is 0 Å². The van der Waals surface area contributed by atoms with Crippen LogP contribution in [0.1, 0.15) is 35.1 Å². The molecule has 0 saturated heterocycles.